The second-order valence-electron chi connectivity index (χ2n) is 5.49. The van der Waals surface area contributed by atoms with Gasteiger partial charge in [-0.1, -0.05) is 36.0 Å². The molecular formula is C18H14F3N3OS. The molecule has 26 heavy (non-hydrogen) atoms. The lowest BCUT2D eigenvalue weighted by atomic mass is 10.1. The van der Waals surface area contributed by atoms with Crippen molar-refractivity contribution >= 4 is 34.4 Å². The Balaban J connectivity index is 1.74. The predicted octanol–water partition coefficient (Wildman–Crippen LogP) is 4.77. The molecule has 8 heteroatoms. The van der Waals surface area contributed by atoms with Crippen molar-refractivity contribution in [3.8, 4) is 0 Å². The van der Waals surface area contributed by atoms with Gasteiger partial charge < -0.3 is 5.32 Å². The van der Waals surface area contributed by atoms with Crippen LogP contribution < -0.4 is 5.32 Å². The highest BCUT2D eigenvalue weighted by molar-refractivity contribution is 8.00. The Morgan fingerprint density at radius 2 is 1.73 bits per heavy atom. The number of para-hydroxylation sites is 3. The SMILES string of the molecule is CC(Sc1cnc2ccccc2n1)C(=O)Nc1ccccc1C(F)(F)F. The molecule has 0 saturated carbocycles. The van der Waals surface area contributed by atoms with Crippen LogP contribution in [0.25, 0.3) is 11.0 Å². The number of halogens is 3. The smallest absolute Gasteiger partial charge is 0.325 e. The van der Waals surface area contributed by atoms with Gasteiger partial charge in [0.2, 0.25) is 5.91 Å². The summed E-state index contributed by atoms with van der Waals surface area (Å²) < 4.78 is 39.1. The first-order valence-corrected chi connectivity index (χ1v) is 8.58. The second kappa shape index (κ2) is 7.33. The van der Waals surface area contributed by atoms with Crippen LogP contribution in [0.1, 0.15) is 12.5 Å². The number of thioether (sulfide) groups is 1. The topological polar surface area (TPSA) is 54.9 Å². The Hall–Kier alpha value is -2.61. The first kappa shape index (κ1) is 18.2. The van der Waals surface area contributed by atoms with Crippen LogP contribution in [-0.2, 0) is 11.0 Å². The molecule has 0 saturated heterocycles. The lowest BCUT2D eigenvalue weighted by Gasteiger charge is -2.16. The van der Waals surface area contributed by atoms with Gasteiger partial charge >= 0.3 is 6.18 Å². The summed E-state index contributed by atoms with van der Waals surface area (Å²) in [6, 6.07) is 12.2. The predicted molar refractivity (Wildman–Crippen MR) is 94.9 cm³/mol. The first-order chi connectivity index (χ1) is 12.3. The summed E-state index contributed by atoms with van der Waals surface area (Å²) in [5, 5.41) is 2.22. The number of nitrogens with one attached hydrogen (secondary N) is 1. The van der Waals surface area contributed by atoms with Gasteiger partial charge in [0.05, 0.1) is 33.7 Å². The van der Waals surface area contributed by atoms with Crippen LogP contribution in [0.5, 0.6) is 0 Å². The van der Waals surface area contributed by atoms with Gasteiger partial charge in [0, 0.05) is 0 Å². The number of hydrogen-bond donors (Lipinski definition) is 1. The number of rotatable bonds is 4. The molecule has 1 aromatic heterocycles. The zero-order chi connectivity index (χ0) is 18.7. The van der Waals surface area contributed by atoms with E-state index < -0.39 is 22.9 Å². The maximum atomic E-state index is 13.0. The lowest BCUT2D eigenvalue weighted by Crippen LogP contribution is -2.24. The monoisotopic (exact) mass is 377 g/mol. The molecule has 1 atom stereocenters. The number of carbonyl (C=O) groups excluding carboxylic acids is 1. The average Bonchev–Trinajstić information content (AvgIpc) is 2.61. The molecule has 1 unspecified atom stereocenters. The van der Waals surface area contributed by atoms with Crippen LogP contribution in [0.2, 0.25) is 0 Å². The first-order valence-electron chi connectivity index (χ1n) is 7.70. The van der Waals surface area contributed by atoms with Gasteiger partial charge in [-0.25, -0.2) is 4.98 Å². The molecule has 134 valence electrons. The van der Waals surface area contributed by atoms with Crippen molar-refractivity contribution in [2.45, 2.75) is 23.4 Å². The Labute approximate surface area is 151 Å². The highest BCUT2D eigenvalue weighted by Gasteiger charge is 2.33. The maximum Gasteiger partial charge on any atom is 0.418 e. The third-order valence-corrected chi connectivity index (χ3v) is 4.59. The van der Waals surface area contributed by atoms with Gasteiger partial charge in [0.1, 0.15) is 5.03 Å². The summed E-state index contributed by atoms with van der Waals surface area (Å²) in [5.41, 5.74) is 0.277. The highest BCUT2D eigenvalue weighted by Crippen LogP contribution is 2.35. The summed E-state index contributed by atoms with van der Waals surface area (Å²) in [6.07, 6.45) is -3.00. The van der Waals surface area contributed by atoms with Gasteiger partial charge in [0.25, 0.3) is 0 Å². The zero-order valence-corrected chi connectivity index (χ0v) is 14.4. The van der Waals surface area contributed by atoms with Crippen molar-refractivity contribution in [1.82, 2.24) is 9.97 Å². The molecule has 3 aromatic rings. The van der Waals surface area contributed by atoms with Gasteiger partial charge in [0.15, 0.2) is 0 Å². The molecule has 0 aliphatic rings. The minimum absolute atomic E-state index is 0.262. The number of alkyl halides is 3. The van der Waals surface area contributed by atoms with Crippen molar-refractivity contribution in [1.29, 1.82) is 0 Å². The molecule has 0 spiro atoms. The standard InChI is InChI=1S/C18H14F3N3OS/c1-11(26-16-10-22-14-8-4-5-9-15(14)23-16)17(25)24-13-7-3-2-6-12(13)18(19,20)21/h2-11H,1H3,(H,24,25). The number of carbonyl (C=O) groups is 1. The van der Waals surface area contributed by atoms with E-state index in [0.717, 1.165) is 23.3 Å². The fourth-order valence-corrected chi connectivity index (χ4v) is 3.10. The molecule has 0 bridgehead atoms. The number of hydrogen-bond acceptors (Lipinski definition) is 4. The number of aromatic nitrogens is 2. The third kappa shape index (κ3) is 4.13. The van der Waals surface area contributed by atoms with Crippen molar-refractivity contribution in [2.75, 3.05) is 5.32 Å². The van der Waals surface area contributed by atoms with E-state index in [1.54, 1.807) is 19.2 Å². The molecule has 4 nitrogen and oxygen atoms in total. The molecule has 0 fully saturated rings. The van der Waals surface area contributed by atoms with E-state index in [1.165, 1.54) is 18.2 Å². The van der Waals surface area contributed by atoms with E-state index in [0.29, 0.717) is 10.5 Å². The van der Waals surface area contributed by atoms with Crippen molar-refractivity contribution in [2.24, 2.45) is 0 Å². The summed E-state index contributed by atoms with van der Waals surface area (Å²) in [6.45, 7) is 1.60. The van der Waals surface area contributed by atoms with E-state index >= 15 is 0 Å². The van der Waals surface area contributed by atoms with Crippen LogP contribution in [0, 0.1) is 0 Å². The van der Waals surface area contributed by atoms with Gasteiger partial charge in [-0.15, -0.1) is 0 Å². The van der Waals surface area contributed by atoms with Crippen molar-refractivity contribution in [3.63, 3.8) is 0 Å². The Bertz CT molecular complexity index is 946. The highest BCUT2D eigenvalue weighted by atomic mass is 32.2. The minimum Gasteiger partial charge on any atom is -0.325 e. The van der Waals surface area contributed by atoms with Gasteiger partial charge in [-0.05, 0) is 31.2 Å². The van der Waals surface area contributed by atoms with Crippen LogP contribution in [0.15, 0.2) is 59.8 Å². The summed E-state index contributed by atoms with van der Waals surface area (Å²) in [7, 11) is 0. The van der Waals surface area contributed by atoms with Crippen LogP contribution in [-0.4, -0.2) is 21.1 Å². The number of fused-ring (bicyclic) bond motifs is 1. The Kier molecular flexibility index (Phi) is 5.13. The second-order valence-corrected chi connectivity index (χ2v) is 6.85. The van der Waals surface area contributed by atoms with Crippen LogP contribution >= 0.6 is 11.8 Å². The average molecular weight is 377 g/mol. The van der Waals surface area contributed by atoms with E-state index in [-0.39, 0.29) is 5.69 Å². The van der Waals surface area contributed by atoms with E-state index in [9.17, 15) is 18.0 Å². The van der Waals surface area contributed by atoms with Crippen LogP contribution in [0.4, 0.5) is 18.9 Å². The molecule has 1 heterocycles. The number of anilines is 1. The molecular weight excluding hydrogens is 363 g/mol. The third-order valence-electron chi connectivity index (χ3n) is 3.58. The van der Waals surface area contributed by atoms with E-state index in [2.05, 4.69) is 15.3 Å². The number of nitrogens with zero attached hydrogens (tertiary/aromatic N) is 2. The molecule has 2 aromatic carbocycles. The summed E-state index contributed by atoms with van der Waals surface area (Å²) in [5.74, 6) is -0.540. The molecule has 1 amide bonds. The fraction of sp³-hybridized carbons (Fsp3) is 0.167. The van der Waals surface area contributed by atoms with Crippen molar-refractivity contribution < 1.29 is 18.0 Å². The van der Waals surface area contributed by atoms with Crippen LogP contribution in [0.3, 0.4) is 0 Å². The van der Waals surface area contributed by atoms with E-state index in [4.69, 9.17) is 0 Å². The lowest BCUT2D eigenvalue weighted by molar-refractivity contribution is -0.137. The largest absolute Gasteiger partial charge is 0.418 e. The maximum absolute atomic E-state index is 13.0. The molecule has 0 aliphatic carbocycles. The van der Waals surface area contributed by atoms with E-state index in [1.807, 2.05) is 18.2 Å². The molecule has 0 aliphatic heterocycles. The van der Waals surface area contributed by atoms with Gasteiger partial charge in [-0.2, -0.15) is 13.2 Å². The van der Waals surface area contributed by atoms with Gasteiger partial charge in [-0.3, -0.25) is 9.78 Å². The Morgan fingerprint density at radius 3 is 2.46 bits per heavy atom. The number of benzene rings is 2. The molecule has 0 radical (unpaired) electrons. The fourth-order valence-electron chi connectivity index (χ4n) is 2.31. The number of amides is 1. The minimum atomic E-state index is -4.54. The normalized spacial score (nSPS) is 12.8. The Morgan fingerprint density at radius 1 is 1.08 bits per heavy atom. The zero-order valence-electron chi connectivity index (χ0n) is 13.6. The van der Waals surface area contributed by atoms with Crippen molar-refractivity contribution in [3.05, 3.63) is 60.3 Å². The summed E-state index contributed by atoms with van der Waals surface area (Å²) >= 11 is 1.13. The quantitative estimate of drug-likeness (QED) is 0.666. The molecule has 1 N–H and O–H groups in total. The summed E-state index contributed by atoms with van der Waals surface area (Å²) in [4.78, 5) is 21.0. The molecule has 3 rings (SSSR count).